The fourth-order valence-corrected chi connectivity index (χ4v) is 1.79. The zero-order valence-corrected chi connectivity index (χ0v) is 10.8. The SMILES string of the molecule is NNc1c(F)cccc1C(=O)NCc1ccc(F)c(F)c1. The van der Waals surface area contributed by atoms with Crippen LogP contribution in [0.5, 0.6) is 0 Å². The molecule has 0 fully saturated rings. The molecule has 2 rings (SSSR count). The zero-order chi connectivity index (χ0) is 15.4. The molecular formula is C14H12F3N3O. The highest BCUT2D eigenvalue weighted by atomic mass is 19.2. The van der Waals surface area contributed by atoms with E-state index in [9.17, 15) is 18.0 Å². The molecule has 0 aliphatic carbocycles. The van der Waals surface area contributed by atoms with Crippen LogP contribution >= 0.6 is 0 Å². The van der Waals surface area contributed by atoms with Gasteiger partial charge in [0.05, 0.1) is 11.3 Å². The van der Waals surface area contributed by atoms with Crippen molar-refractivity contribution in [1.29, 1.82) is 0 Å². The first-order chi connectivity index (χ1) is 10.0. The lowest BCUT2D eigenvalue weighted by molar-refractivity contribution is 0.0951. The number of benzene rings is 2. The number of rotatable bonds is 4. The summed E-state index contributed by atoms with van der Waals surface area (Å²) in [5.41, 5.74) is 2.37. The molecule has 0 radical (unpaired) electrons. The van der Waals surface area contributed by atoms with Gasteiger partial charge in [0.2, 0.25) is 0 Å². The summed E-state index contributed by atoms with van der Waals surface area (Å²) in [4.78, 5) is 12.0. The second-order valence-corrected chi connectivity index (χ2v) is 4.24. The maximum Gasteiger partial charge on any atom is 0.253 e. The Kier molecular flexibility index (Phi) is 4.44. The number of carbonyl (C=O) groups excluding carboxylic acids is 1. The third kappa shape index (κ3) is 3.32. The average Bonchev–Trinajstić information content (AvgIpc) is 2.48. The van der Waals surface area contributed by atoms with E-state index in [0.29, 0.717) is 5.56 Å². The zero-order valence-electron chi connectivity index (χ0n) is 10.8. The number of nitrogen functional groups attached to an aromatic ring is 1. The molecule has 21 heavy (non-hydrogen) atoms. The molecule has 7 heteroatoms. The number of hydrazine groups is 1. The summed E-state index contributed by atoms with van der Waals surface area (Å²) in [7, 11) is 0. The Morgan fingerprint density at radius 1 is 1.05 bits per heavy atom. The molecule has 0 aromatic heterocycles. The molecular weight excluding hydrogens is 283 g/mol. The second kappa shape index (κ2) is 6.27. The van der Waals surface area contributed by atoms with Crippen molar-refractivity contribution in [2.45, 2.75) is 6.54 Å². The van der Waals surface area contributed by atoms with Gasteiger partial charge < -0.3 is 10.7 Å². The van der Waals surface area contributed by atoms with Crippen LogP contribution in [-0.2, 0) is 6.54 Å². The van der Waals surface area contributed by atoms with Crippen molar-refractivity contribution in [2.24, 2.45) is 5.84 Å². The molecule has 0 bridgehead atoms. The molecule has 110 valence electrons. The normalized spacial score (nSPS) is 10.3. The molecule has 0 aliphatic rings. The van der Waals surface area contributed by atoms with Crippen molar-refractivity contribution in [2.75, 3.05) is 5.43 Å². The Bertz CT molecular complexity index is 677. The fraction of sp³-hybridized carbons (Fsp3) is 0.0714. The molecule has 0 unspecified atom stereocenters. The summed E-state index contributed by atoms with van der Waals surface area (Å²) < 4.78 is 39.3. The topological polar surface area (TPSA) is 67.1 Å². The minimum Gasteiger partial charge on any atom is -0.348 e. The van der Waals surface area contributed by atoms with E-state index in [4.69, 9.17) is 5.84 Å². The van der Waals surface area contributed by atoms with Gasteiger partial charge in [-0.25, -0.2) is 13.2 Å². The van der Waals surface area contributed by atoms with Crippen LogP contribution < -0.4 is 16.6 Å². The van der Waals surface area contributed by atoms with E-state index in [1.165, 1.54) is 18.2 Å². The molecule has 2 aromatic carbocycles. The Morgan fingerprint density at radius 3 is 2.48 bits per heavy atom. The molecule has 1 amide bonds. The number of nitrogens with one attached hydrogen (secondary N) is 2. The van der Waals surface area contributed by atoms with E-state index in [0.717, 1.165) is 18.2 Å². The van der Waals surface area contributed by atoms with Crippen LogP contribution in [0.25, 0.3) is 0 Å². The molecule has 4 nitrogen and oxygen atoms in total. The van der Waals surface area contributed by atoms with E-state index in [1.807, 2.05) is 0 Å². The Hall–Kier alpha value is -2.54. The fourth-order valence-electron chi connectivity index (χ4n) is 1.79. The first kappa shape index (κ1) is 14.9. The van der Waals surface area contributed by atoms with Crippen molar-refractivity contribution >= 4 is 11.6 Å². The van der Waals surface area contributed by atoms with Crippen molar-refractivity contribution < 1.29 is 18.0 Å². The minimum atomic E-state index is -1.00. The minimum absolute atomic E-state index is 0.0140. The lowest BCUT2D eigenvalue weighted by Crippen LogP contribution is -2.25. The van der Waals surface area contributed by atoms with Gasteiger partial charge >= 0.3 is 0 Å². The lowest BCUT2D eigenvalue weighted by Gasteiger charge is -2.10. The van der Waals surface area contributed by atoms with Gasteiger partial charge in [-0.1, -0.05) is 12.1 Å². The van der Waals surface area contributed by atoms with Gasteiger partial charge in [0.1, 0.15) is 5.82 Å². The number of hydrogen-bond donors (Lipinski definition) is 3. The van der Waals surface area contributed by atoms with Crippen molar-refractivity contribution in [3.63, 3.8) is 0 Å². The van der Waals surface area contributed by atoms with E-state index < -0.39 is 23.4 Å². The summed E-state index contributed by atoms with van der Waals surface area (Å²) >= 11 is 0. The molecule has 0 heterocycles. The van der Waals surface area contributed by atoms with E-state index >= 15 is 0 Å². The maximum absolute atomic E-state index is 13.5. The Morgan fingerprint density at radius 2 is 1.81 bits per heavy atom. The summed E-state index contributed by atoms with van der Waals surface area (Å²) in [6, 6.07) is 7.18. The van der Waals surface area contributed by atoms with Crippen LogP contribution in [0.1, 0.15) is 15.9 Å². The smallest absolute Gasteiger partial charge is 0.253 e. The number of nitrogens with two attached hydrogens (primary N) is 1. The molecule has 0 aliphatic heterocycles. The summed E-state index contributed by atoms with van der Waals surface area (Å²) in [6.45, 7) is -0.0312. The highest BCUT2D eigenvalue weighted by molar-refractivity contribution is 5.99. The van der Waals surface area contributed by atoms with Gasteiger partial charge in [0.25, 0.3) is 5.91 Å². The van der Waals surface area contributed by atoms with E-state index in [1.54, 1.807) is 0 Å². The van der Waals surface area contributed by atoms with Crippen LogP contribution in [0.4, 0.5) is 18.9 Å². The monoisotopic (exact) mass is 295 g/mol. The summed E-state index contributed by atoms with van der Waals surface area (Å²) in [5, 5.41) is 2.47. The number of carbonyl (C=O) groups is 1. The number of para-hydroxylation sites is 1. The second-order valence-electron chi connectivity index (χ2n) is 4.24. The first-order valence-corrected chi connectivity index (χ1v) is 6.00. The number of amides is 1. The third-order valence-corrected chi connectivity index (χ3v) is 2.84. The number of anilines is 1. The van der Waals surface area contributed by atoms with E-state index in [-0.39, 0.29) is 17.8 Å². The van der Waals surface area contributed by atoms with Crippen LogP contribution in [0.3, 0.4) is 0 Å². The highest BCUT2D eigenvalue weighted by Crippen LogP contribution is 2.18. The molecule has 0 spiro atoms. The summed E-state index contributed by atoms with van der Waals surface area (Å²) in [5.74, 6) is 1.94. The van der Waals surface area contributed by atoms with Gasteiger partial charge in [0.15, 0.2) is 11.6 Å². The Balaban J connectivity index is 2.12. The summed E-state index contributed by atoms with van der Waals surface area (Å²) in [6.07, 6.45) is 0. The predicted molar refractivity (Wildman–Crippen MR) is 71.7 cm³/mol. The van der Waals surface area contributed by atoms with Crippen LogP contribution in [0.15, 0.2) is 36.4 Å². The standard InChI is InChI=1S/C14H12F3N3O/c15-10-5-4-8(6-12(10)17)7-19-14(21)9-2-1-3-11(16)13(9)20-18/h1-6,20H,7,18H2,(H,19,21). The Labute approximate surface area is 118 Å². The lowest BCUT2D eigenvalue weighted by atomic mass is 10.1. The number of halogens is 3. The quantitative estimate of drug-likeness (QED) is 0.599. The van der Waals surface area contributed by atoms with Crippen LogP contribution in [0, 0.1) is 17.5 Å². The molecule has 4 N–H and O–H groups in total. The molecule has 0 atom stereocenters. The molecule has 2 aromatic rings. The van der Waals surface area contributed by atoms with Gasteiger partial charge in [0, 0.05) is 6.54 Å². The van der Waals surface area contributed by atoms with Crippen molar-refractivity contribution in [3.05, 3.63) is 65.0 Å². The van der Waals surface area contributed by atoms with Gasteiger partial charge in [-0.2, -0.15) is 0 Å². The van der Waals surface area contributed by atoms with E-state index in [2.05, 4.69) is 10.7 Å². The average molecular weight is 295 g/mol. The predicted octanol–water partition coefficient (Wildman–Crippen LogP) is 2.32. The largest absolute Gasteiger partial charge is 0.348 e. The highest BCUT2D eigenvalue weighted by Gasteiger charge is 2.14. The maximum atomic E-state index is 13.5. The van der Waals surface area contributed by atoms with Crippen molar-refractivity contribution in [1.82, 2.24) is 5.32 Å². The first-order valence-electron chi connectivity index (χ1n) is 6.00. The molecule has 0 saturated carbocycles. The van der Waals surface area contributed by atoms with Gasteiger partial charge in [-0.3, -0.25) is 10.6 Å². The van der Waals surface area contributed by atoms with Gasteiger partial charge in [-0.05, 0) is 29.8 Å². The number of hydrogen-bond acceptors (Lipinski definition) is 3. The third-order valence-electron chi connectivity index (χ3n) is 2.84. The van der Waals surface area contributed by atoms with Crippen molar-refractivity contribution in [3.8, 4) is 0 Å². The molecule has 0 saturated heterocycles. The van der Waals surface area contributed by atoms with Gasteiger partial charge in [-0.15, -0.1) is 0 Å². The van der Waals surface area contributed by atoms with Crippen LogP contribution in [-0.4, -0.2) is 5.91 Å². The van der Waals surface area contributed by atoms with Crippen LogP contribution in [0.2, 0.25) is 0 Å².